The minimum Gasteiger partial charge on any atom is -0.336 e. The molecule has 6 heteroatoms. The molecule has 1 atom stereocenters. The maximum absolute atomic E-state index is 12.5. The van der Waals surface area contributed by atoms with Crippen LogP contribution in [0.3, 0.4) is 0 Å². The molecule has 0 unspecified atom stereocenters. The molecule has 1 aliphatic rings. The number of anilines is 1. The van der Waals surface area contributed by atoms with E-state index in [2.05, 4.69) is 5.32 Å². The number of hydrogen-bond acceptors (Lipinski definition) is 2. The number of amides is 3. The summed E-state index contributed by atoms with van der Waals surface area (Å²) in [5.41, 5.74) is 0.694. The summed E-state index contributed by atoms with van der Waals surface area (Å²) >= 11 is 6.15. The van der Waals surface area contributed by atoms with Crippen LogP contribution in [0.15, 0.2) is 24.3 Å². The van der Waals surface area contributed by atoms with Crippen LogP contribution in [0, 0.1) is 0 Å². The zero-order chi connectivity index (χ0) is 15.6. The first-order chi connectivity index (χ1) is 9.91. The molecule has 5 nitrogen and oxygen atoms in total. The lowest BCUT2D eigenvalue weighted by molar-refractivity contribution is -0.124. The molecule has 0 spiro atoms. The van der Waals surface area contributed by atoms with E-state index in [1.54, 1.807) is 22.8 Å². The van der Waals surface area contributed by atoms with Crippen LogP contribution in [-0.4, -0.2) is 42.0 Å². The average Bonchev–Trinajstić information content (AvgIpc) is 2.42. The van der Waals surface area contributed by atoms with Crippen LogP contribution in [-0.2, 0) is 4.79 Å². The van der Waals surface area contributed by atoms with Gasteiger partial charge in [0.05, 0.1) is 10.7 Å². The number of nitrogens with zero attached hydrogens (tertiary/aromatic N) is 2. The maximum atomic E-state index is 12.5. The highest BCUT2D eigenvalue weighted by atomic mass is 35.5. The highest BCUT2D eigenvalue weighted by Crippen LogP contribution is 2.28. The zero-order valence-electron chi connectivity index (χ0n) is 12.5. The van der Waals surface area contributed by atoms with Gasteiger partial charge in [-0.05, 0) is 32.9 Å². The molecule has 0 aliphatic carbocycles. The van der Waals surface area contributed by atoms with E-state index in [9.17, 15) is 9.59 Å². The number of para-hydroxylation sites is 1. The van der Waals surface area contributed by atoms with Crippen molar-refractivity contribution in [3.8, 4) is 0 Å². The third kappa shape index (κ3) is 3.29. The van der Waals surface area contributed by atoms with Crippen molar-refractivity contribution in [1.82, 2.24) is 10.2 Å². The fourth-order valence-electron chi connectivity index (χ4n) is 2.39. The van der Waals surface area contributed by atoms with Crippen LogP contribution < -0.4 is 10.2 Å². The van der Waals surface area contributed by atoms with Crippen molar-refractivity contribution in [2.45, 2.75) is 32.9 Å². The number of rotatable bonds is 2. The number of carbonyl (C=O) groups is 2. The summed E-state index contributed by atoms with van der Waals surface area (Å²) in [5, 5.41) is 3.36. The molecule has 1 N–H and O–H groups in total. The molecule has 1 aliphatic heterocycles. The molecule has 0 aromatic heterocycles. The SMILES string of the molecule is CC(C)NC(=O)N1CCN(c2ccccc2Cl)C(=O)[C@H]1C. The number of nitrogens with one attached hydrogen (secondary N) is 1. The van der Waals surface area contributed by atoms with E-state index in [4.69, 9.17) is 11.6 Å². The third-order valence-electron chi connectivity index (χ3n) is 3.47. The maximum Gasteiger partial charge on any atom is 0.318 e. The Morgan fingerprint density at radius 1 is 1.33 bits per heavy atom. The van der Waals surface area contributed by atoms with Crippen molar-refractivity contribution in [2.24, 2.45) is 0 Å². The smallest absolute Gasteiger partial charge is 0.318 e. The Labute approximate surface area is 129 Å². The Kier molecular flexibility index (Phi) is 4.73. The second-order valence-electron chi connectivity index (χ2n) is 5.41. The lowest BCUT2D eigenvalue weighted by Gasteiger charge is -2.39. The second kappa shape index (κ2) is 6.35. The average molecular weight is 310 g/mol. The molecule has 114 valence electrons. The number of benzene rings is 1. The van der Waals surface area contributed by atoms with Crippen molar-refractivity contribution in [3.63, 3.8) is 0 Å². The van der Waals surface area contributed by atoms with Gasteiger partial charge in [0.15, 0.2) is 0 Å². The molecule has 0 bridgehead atoms. The van der Waals surface area contributed by atoms with Gasteiger partial charge in [0.2, 0.25) is 5.91 Å². The summed E-state index contributed by atoms with van der Waals surface area (Å²) < 4.78 is 0. The summed E-state index contributed by atoms with van der Waals surface area (Å²) in [6, 6.07) is 6.58. The quantitative estimate of drug-likeness (QED) is 0.912. The molecule has 1 aromatic rings. The Hall–Kier alpha value is -1.75. The van der Waals surface area contributed by atoms with E-state index in [1.807, 2.05) is 32.0 Å². The van der Waals surface area contributed by atoms with Crippen molar-refractivity contribution in [1.29, 1.82) is 0 Å². The van der Waals surface area contributed by atoms with Crippen molar-refractivity contribution < 1.29 is 9.59 Å². The summed E-state index contributed by atoms with van der Waals surface area (Å²) in [7, 11) is 0. The summed E-state index contributed by atoms with van der Waals surface area (Å²) in [4.78, 5) is 27.8. The van der Waals surface area contributed by atoms with Crippen molar-refractivity contribution >= 4 is 29.2 Å². The predicted octanol–water partition coefficient (Wildman–Crippen LogP) is 2.50. The topological polar surface area (TPSA) is 52.7 Å². The number of halogens is 1. The summed E-state index contributed by atoms with van der Waals surface area (Å²) in [6.45, 7) is 6.45. The molecule has 1 heterocycles. The van der Waals surface area contributed by atoms with Gasteiger partial charge in [0.1, 0.15) is 6.04 Å². The molecule has 21 heavy (non-hydrogen) atoms. The lowest BCUT2D eigenvalue weighted by Crippen LogP contribution is -2.60. The fourth-order valence-corrected chi connectivity index (χ4v) is 2.63. The third-order valence-corrected chi connectivity index (χ3v) is 3.79. The molecule has 0 saturated carbocycles. The number of urea groups is 1. The standard InChI is InChI=1S/C15H20ClN3O2/c1-10(2)17-15(21)18-8-9-19(14(20)11(18)3)13-7-5-4-6-12(13)16/h4-7,10-11H,8-9H2,1-3H3,(H,17,21)/t11-/m1/s1. The van der Waals surface area contributed by atoms with Gasteiger partial charge < -0.3 is 15.1 Å². The Bertz CT molecular complexity index is 547. The minimum absolute atomic E-state index is 0.0430. The van der Waals surface area contributed by atoms with Crippen LogP contribution in [0.5, 0.6) is 0 Å². The first-order valence-corrected chi connectivity index (χ1v) is 7.42. The molecule has 1 saturated heterocycles. The van der Waals surface area contributed by atoms with E-state index in [0.717, 1.165) is 0 Å². The van der Waals surface area contributed by atoms with E-state index in [0.29, 0.717) is 23.8 Å². The van der Waals surface area contributed by atoms with Gasteiger partial charge in [-0.3, -0.25) is 4.79 Å². The van der Waals surface area contributed by atoms with E-state index < -0.39 is 6.04 Å². The molecular weight excluding hydrogens is 290 g/mol. The van der Waals surface area contributed by atoms with Crippen LogP contribution in [0.25, 0.3) is 0 Å². The van der Waals surface area contributed by atoms with Crippen LogP contribution in [0.2, 0.25) is 5.02 Å². The van der Waals surface area contributed by atoms with Gasteiger partial charge in [-0.15, -0.1) is 0 Å². The highest BCUT2D eigenvalue weighted by molar-refractivity contribution is 6.33. The van der Waals surface area contributed by atoms with Gasteiger partial charge in [-0.2, -0.15) is 0 Å². The Morgan fingerprint density at radius 2 is 2.00 bits per heavy atom. The number of piperazine rings is 1. The largest absolute Gasteiger partial charge is 0.336 e. The highest BCUT2D eigenvalue weighted by Gasteiger charge is 2.35. The van der Waals surface area contributed by atoms with E-state index >= 15 is 0 Å². The molecule has 3 amide bonds. The number of hydrogen-bond donors (Lipinski definition) is 1. The predicted molar refractivity (Wildman–Crippen MR) is 83.6 cm³/mol. The van der Waals surface area contributed by atoms with Gasteiger partial charge in [-0.1, -0.05) is 23.7 Å². The first-order valence-electron chi connectivity index (χ1n) is 7.05. The van der Waals surface area contributed by atoms with Crippen LogP contribution in [0.4, 0.5) is 10.5 Å². The fraction of sp³-hybridized carbons (Fsp3) is 0.467. The minimum atomic E-state index is -0.506. The van der Waals surface area contributed by atoms with Crippen molar-refractivity contribution in [2.75, 3.05) is 18.0 Å². The van der Waals surface area contributed by atoms with E-state index in [-0.39, 0.29) is 18.0 Å². The van der Waals surface area contributed by atoms with E-state index in [1.165, 1.54) is 0 Å². The van der Waals surface area contributed by atoms with Gasteiger partial charge in [-0.25, -0.2) is 4.79 Å². The van der Waals surface area contributed by atoms with Crippen molar-refractivity contribution in [3.05, 3.63) is 29.3 Å². The molecule has 1 fully saturated rings. The summed E-state index contributed by atoms with van der Waals surface area (Å²) in [5.74, 6) is -0.117. The first kappa shape index (κ1) is 15.6. The monoisotopic (exact) mass is 309 g/mol. The molecule has 0 radical (unpaired) electrons. The summed E-state index contributed by atoms with van der Waals surface area (Å²) in [6.07, 6.45) is 0. The Morgan fingerprint density at radius 3 is 2.62 bits per heavy atom. The Balaban J connectivity index is 2.15. The van der Waals surface area contributed by atoms with Gasteiger partial charge >= 0.3 is 6.03 Å². The van der Waals surface area contributed by atoms with Gasteiger partial charge in [0, 0.05) is 19.1 Å². The van der Waals surface area contributed by atoms with Crippen LogP contribution in [0.1, 0.15) is 20.8 Å². The molecule has 2 rings (SSSR count). The normalized spacial score (nSPS) is 19.1. The molecular formula is C15H20ClN3O2. The molecule has 1 aromatic carbocycles. The lowest BCUT2D eigenvalue weighted by atomic mass is 10.1. The van der Waals surface area contributed by atoms with Gasteiger partial charge in [0.25, 0.3) is 0 Å². The van der Waals surface area contributed by atoms with Crippen LogP contribution >= 0.6 is 11.6 Å². The second-order valence-corrected chi connectivity index (χ2v) is 5.82. The number of carbonyl (C=O) groups excluding carboxylic acids is 2. The zero-order valence-corrected chi connectivity index (χ0v) is 13.2.